The van der Waals surface area contributed by atoms with Gasteiger partial charge in [0.2, 0.25) is 0 Å². The zero-order valence-electron chi connectivity index (χ0n) is 14.2. The molecule has 1 aromatic carbocycles. The van der Waals surface area contributed by atoms with Crippen LogP contribution in [0.15, 0.2) is 65.9 Å². The number of thiophene rings is 1. The molecule has 0 radical (unpaired) electrons. The summed E-state index contributed by atoms with van der Waals surface area (Å²) in [4.78, 5) is 15.7. The molecule has 4 aromatic rings. The number of carbonyl (C=O) groups is 1. The number of carbonyl (C=O) groups excluding carboxylic acids is 1. The molecular weight excluding hydrogens is 527 g/mol. The zero-order valence-corrected chi connectivity index (χ0v) is 17.3. The van der Waals surface area contributed by atoms with Gasteiger partial charge >= 0.3 is 0 Å². The minimum absolute atomic E-state index is 0. The van der Waals surface area contributed by atoms with Gasteiger partial charge in [-0.1, -0.05) is 23.6 Å². The van der Waals surface area contributed by atoms with Gasteiger partial charge in [0.15, 0.2) is 5.78 Å². The molecule has 6 heteroatoms. The van der Waals surface area contributed by atoms with Crippen LogP contribution in [0.2, 0.25) is 0 Å². The Bertz CT molecular complexity index is 1050. The van der Waals surface area contributed by atoms with Crippen molar-refractivity contribution < 1.29 is 31.0 Å². The first-order valence-electron chi connectivity index (χ1n) is 7.75. The number of aliphatic hydroxyl groups excluding tert-OH is 1. The van der Waals surface area contributed by atoms with Crippen LogP contribution in [0.25, 0.3) is 26.9 Å². The number of aromatic nitrogens is 2. The molecule has 0 aliphatic rings. The molecule has 0 saturated carbocycles. The van der Waals surface area contributed by atoms with Crippen LogP contribution >= 0.6 is 11.3 Å². The van der Waals surface area contributed by atoms with Crippen LogP contribution in [-0.4, -0.2) is 20.4 Å². The smallest absolute Gasteiger partial charge is 0.155 e. The van der Waals surface area contributed by atoms with Crippen molar-refractivity contribution in [2.24, 2.45) is 0 Å². The third-order valence-corrected chi connectivity index (χ3v) is 4.33. The maximum absolute atomic E-state index is 10.0. The summed E-state index contributed by atoms with van der Waals surface area (Å²) in [6.07, 6.45) is 3.00. The van der Waals surface area contributed by atoms with E-state index in [-0.39, 0.29) is 32.6 Å². The Labute approximate surface area is 170 Å². The second-order valence-corrected chi connectivity index (χ2v) is 6.36. The number of para-hydroxylation sites is 1. The average Bonchev–Trinajstić information content (AvgIpc) is 3.15. The number of fused-ring (bicyclic) bond motifs is 3. The van der Waals surface area contributed by atoms with Crippen molar-refractivity contribution in [3.8, 4) is 5.69 Å². The van der Waals surface area contributed by atoms with Crippen molar-refractivity contribution in [2.45, 2.75) is 13.8 Å². The fourth-order valence-corrected chi connectivity index (χ4v) is 3.48. The van der Waals surface area contributed by atoms with E-state index >= 15 is 0 Å². The van der Waals surface area contributed by atoms with Gasteiger partial charge in [0, 0.05) is 44.5 Å². The van der Waals surface area contributed by atoms with Gasteiger partial charge in [-0.05, 0) is 48.5 Å². The number of nitrogens with zero attached hydrogens (tertiary/aromatic N) is 2. The van der Waals surface area contributed by atoms with E-state index in [1.165, 1.54) is 30.4 Å². The summed E-state index contributed by atoms with van der Waals surface area (Å²) in [7, 11) is 0. The molecule has 0 fully saturated rings. The van der Waals surface area contributed by atoms with E-state index in [4.69, 9.17) is 5.11 Å². The van der Waals surface area contributed by atoms with Crippen molar-refractivity contribution in [1.82, 2.24) is 9.55 Å². The third kappa shape index (κ3) is 4.29. The molecule has 4 nitrogen and oxygen atoms in total. The van der Waals surface area contributed by atoms with Crippen LogP contribution in [0.1, 0.15) is 13.8 Å². The number of rotatable bonds is 2. The monoisotopic (exact) mass is 544 g/mol. The molecule has 26 heavy (non-hydrogen) atoms. The maximum atomic E-state index is 10.0. The molecular formula is C20H17N2O2PtS-. The molecule has 0 unspecified atom stereocenters. The van der Waals surface area contributed by atoms with E-state index < -0.39 is 0 Å². The van der Waals surface area contributed by atoms with Gasteiger partial charge in [-0.25, -0.2) is 11.3 Å². The van der Waals surface area contributed by atoms with Crippen LogP contribution in [0.5, 0.6) is 0 Å². The number of benzene rings is 1. The topological polar surface area (TPSA) is 55.1 Å². The SMILES string of the molecule is CC(=O)/C=C(/C)O.[Pt].[c-]1csc2c1c1ncccc1n2-c1ccccc1. The van der Waals surface area contributed by atoms with E-state index in [0.717, 1.165) is 16.4 Å². The van der Waals surface area contributed by atoms with Crippen molar-refractivity contribution >= 4 is 38.4 Å². The molecule has 0 atom stereocenters. The maximum Gasteiger partial charge on any atom is 0.155 e. The zero-order chi connectivity index (χ0) is 17.8. The Hall–Kier alpha value is -2.23. The fraction of sp³-hybridized carbons (Fsp3) is 0.100. The first-order chi connectivity index (χ1) is 12.1. The summed E-state index contributed by atoms with van der Waals surface area (Å²) >= 11 is 1.70. The minimum atomic E-state index is -0.125. The number of ketones is 1. The van der Waals surface area contributed by atoms with Crippen LogP contribution in [0, 0.1) is 6.07 Å². The van der Waals surface area contributed by atoms with E-state index in [1.807, 2.05) is 23.7 Å². The van der Waals surface area contributed by atoms with E-state index in [9.17, 15) is 4.79 Å². The van der Waals surface area contributed by atoms with Crippen LogP contribution in [-0.2, 0) is 25.9 Å². The second kappa shape index (κ2) is 8.93. The Morgan fingerprint density at radius 1 is 1.19 bits per heavy atom. The molecule has 3 heterocycles. The molecule has 3 aromatic heterocycles. The van der Waals surface area contributed by atoms with Gasteiger partial charge in [0.25, 0.3) is 0 Å². The summed E-state index contributed by atoms with van der Waals surface area (Å²) in [5.74, 6) is -0.0625. The molecule has 0 saturated heterocycles. The summed E-state index contributed by atoms with van der Waals surface area (Å²) in [6.45, 7) is 2.85. The van der Waals surface area contributed by atoms with Crippen molar-refractivity contribution in [2.75, 3.05) is 0 Å². The first-order valence-corrected chi connectivity index (χ1v) is 8.63. The Kier molecular flexibility index (Phi) is 6.89. The van der Waals surface area contributed by atoms with Crippen LogP contribution in [0.3, 0.4) is 0 Å². The quantitative estimate of drug-likeness (QED) is 0.218. The molecule has 0 bridgehead atoms. The third-order valence-electron chi connectivity index (χ3n) is 3.48. The van der Waals surface area contributed by atoms with Gasteiger partial charge in [0.1, 0.15) is 0 Å². The van der Waals surface area contributed by atoms with E-state index in [2.05, 4.69) is 45.9 Å². The molecule has 0 aliphatic carbocycles. The van der Waals surface area contributed by atoms with Gasteiger partial charge in [0.05, 0.1) is 5.76 Å². The summed E-state index contributed by atoms with van der Waals surface area (Å²) in [6, 6.07) is 17.8. The average molecular weight is 545 g/mol. The number of hydrogen-bond donors (Lipinski definition) is 1. The second-order valence-electron chi connectivity index (χ2n) is 5.50. The summed E-state index contributed by atoms with van der Waals surface area (Å²) in [5, 5.41) is 11.5. The van der Waals surface area contributed by atoms with Gasteiger partial charge in [-0.15, -0.1) is 5.39 Å². The van der Waals surface area contributed by atoms with Crippen molar-refractivity contribution in [3.05, 3.63) is 71.9 Å². The van der Waals surface area contributed by atoms with Crippen molar-refractivity contribution in [3.63, 3.8) is 0 Å². The largest absolute Gasteiger partial charge is 0.512 e. The normalized spacial score (nSPS) is 10.9. The Morgan fingerprint density at radius 3 is 2.54 bits per heavy atom. The van der Waals surface area contributed by atoms with Crippen LogP contribution < -0.4 is 0 Å². The predicted octanol–water partition coefficient (Wildman–Crippen LogP) is 5.08. The molecule has 136 valence electrons. The molecule has 4 rings (SSSR count). The van der Waals surface area contributed by atoms with Gasteiger partial charge in [-0.2, -0.15) is 6.07 Å². The van der Waals surface area contributed by atoms with Gasteiger partial charge in [-0.3, -0.25) is 4.79 Å². The molecule has 0 aliphatic heterocycles. The Balaban J connectivity index is 0.000000265. The van der Waals surface area contributed by atoms with E-state index in [0.29, 0.717) is 0 Å². The fourth-order valence-electron chi connectivity index (χ4n) is 2.61. The van der Waals surface area contributed by atoms with E-state index in [1.54, 1.807) is 11.3 Å². The number of allylic oxidation sites excluding steroid dienone is 2. The number of hydrogen-bond acceptors (Lipinski definition) is 4. The number of aliphatic hydroxyl groups is 1. The van der Waals surface area contributed by atoms with Crippen LogP contribution in [0.4, 0.5) is 0 Å². The van der Waals surface area contributed by atoms with Gasteiger partial charge < -0.3 is 14.7 Å². The molecule has 0 spiro atoms. The first kappa shape index (κ1) is 20.1. The predicted molar refractivity (Wildman–Crippen MR) is 102 cm³/mol. The summed E-state index contributed by atoms with van der Waals surface area (Å²) in [5.41, 5.74) is 3.33. The standard InChI is InChI=1S/C15H9N2S.C5H8O2.Pt/c1-2-5-11(6-3-1)17-13-7-4-9-16-14(13)12-8-10-18-15(12)17;1-4(6)3-5(2)7;/h1-7,9-10H;3,6H,1-2H3;/q-1;;/b;4-3-;. The minimum Gasteiger partial charge on any atom is -0.512 e. The van der Waals surface area contributed by atoms with Crippen molar-refractivity contribution in [1.29, 1.82) is 0 Å². The molecule has 1 N–H and O–H groups in total. The Morgan fingerprint density at radius 2 is 1.92 bits per heavy atom. The molecule has 0 amide bonds. The number of pyridine rings is 1. The summed E-state index contributed by atoms with van der Waals surface area (Å²) < 4.78 is 2.25.